The molecule has 21 heavy (non-hydrogen) atoms. The Morgan fingerprint density at radius 3 is 3.00 bits per heavy atom. The van der Waals surface area contributed by atoms with E-state index in [4.69, 9.17) is 4.74 Å². The monoisotopic (exact) mass is 291 g/mol. The summed E-state index contributed by atoms with van der Waals surface area (Å²) in [7, 11) is 4.19. The van der Waals surface area contributed by atoms with Crippen LogP contribution in [0.5, 0.6) is 0 Å². The Morgan fingerprint density at radius 1 is 1.48 bits per heavy atom. The lowest BCUT2D eigenvalue weighted by molar-refractivity contribution is 0.161. The van der Waals surface area contributed by atoms with Gasteiger partial charge in [0.15, 0.2) is 0 Å². The highest BCUT2D eigenvalue weighted by molar-refractivity contribution is 5.86. The van der Waals surface area contributed by atoms with Crippen LogP contribution >= 0.6 is 0 Å². The van der Waals surface area contributed by atoms with Crippen LogP contribution in [0.3, 0.4) is 0 Å². The predicted octanol–water partition coefficient (Wildman–Crippen LogP) is 3.11. The number of nitrogens with zero attached hydrogens (tertiary/aromatic N) is 1. The van der Waals surface area contributed by atoms with Gasteiger partial charge in [-0.25, -0.2) is 4.79 Å². The number of hydrogen-bond acceptors (Lipinski definition) is 4. The molecule has 1 unspecified atom stereocenters. The summed E-state index contributed by atoms with van der Waals surface area (Å²) in [5.41, 5.74) is 3.23. The molecule has 0 saturated carbocycles. The van der Waals surface area contributed by atoms with Crippen molar-refractivity contribution < 1.29 is 9.53 Å². The minimum absolute atomic E-state index is 0.390. The molecule has 2 rings (SSSR count). The van der Waals surface area contributed by atoms with Crippen LogP contribution in [0.15, 0.2) is 18.2 Å². The second-order valence-corrected chi connectivity index (χ2v) is 5.73. The first-order valence-corrected chi connectivity index (χ1v) is 7.56. The van der Waals surface area contributed by atoms with Gasteiger partial charge >= 0.3 is 6.09 Å². The minimum atomic E-state index is -0.390. The lowest BCUT2D eigenvalue weighted by atomic mass is 9.97. The normalized spacial score (nSPS) is 16.5. The van der Waals surface area contributed by atoms with Gasteiger partial charge in [0.25, 0.3) is 0 Å². The number of fused-ring (bicyclic) bond motifs is 1. The molecular formula is C16H25N3O2. The van der Waals surface area contributed by atoms with Crippen LogP contribution in [-0.4, -0.2) is 44.8 Å². The average molecular weight is 291 g/mol. The number of anilines is 2. The van der Waals surface area contributed by atoms with E-state index in [1.54, 1.807) is 0 Å². The Balaban J connectivity index is 1.96. The zero-order valence-corrected chi connectivity index (χ0v) is 13.1. The molecule has 2 N–H and O–H groups in total. The SMILES string of the molecule is CCCOC(=O)Nc1ccc2c(c1)NCC2CCN(C)C. The summed E-state index contributed by atoms with van der Waals surface area (Å²) < 4.78 is 5.02. The van der Waals surface area contributed by atoms with Crippen molar-refractivity contribution >= 4 is 17.5 Å². The molecule has 1 aromatic carbocycles. The molecule has 1 aromatic rings. The van der Waals surface area contributed by atoms with Crippen LogP contribution in [0.2, 0.25) is 0 Å². The van der Waals surface area contributed by atoms with Gasteiger partial charge in [0.05, 0.1) is 6.61 Å². The molecule has 5 nitrogen and oxygen atoms in total. The molecule has 1 atom stereocenters. The van der Waals surface area contributed by atoms with Gasteiger partial charge in [-0.1, -0.05) is 13.0 Å². The number of ether oxygens (including phenoxy) is 1. The van der Waals surface area contributed by atoms with E-state index in [1.165, 1.54) is 5.56 Å². The van der Waals surface area contributed by atoms with Gasteiger partial charge in [0.1, 0.15) is 0 Å². The van der Waals surface area contributed by atoms with Crippen LogP contribution in [0.25, 0.3) is 0 Å². The highest BCUT2D eigenvalue weighted by Gasteiger charge is 2.22. The summed E-state index contributed by atoms with van der Waals surface area (Å²) in [5.74, 6) is 0.545. The molecule has 1 heterocycles. The summed E-state index contributed by atoms with van der Waals surface area (Å²) in [6, 6.07) is 6.03. The predicted molar refractivity (Wildman–Crippen MR) is 86.1 cm³/mol. The number of rotatable bonds is 6. The maximum atomic E-state index is 11.6. The van der Waals surface area contributed by atoms with Crippen molar-refractivity contribution in [2.45, 2.75) is 25.7 Å². The first-order valence-electron chi connectivity index (χ1n) is 7.56. The van der Waals surface area contributed by atoms with Crippen LogP contribution in [0, 0.1) is 0 Å². The van der Waals surface area contributed by atoms with Crippen molar-refractivity contribution in [1.29, 1.82) is 0 Å². The van der Waals surface area contributed by atoms with Gasteiger partial charge in [-0.3, -0.25) is 5.32 Å². The molecule has 0 spiro atoms. The van der Waals surface area contributed by atoms with Crippen molar-refractivity contribution in [3.8, 4) is 0 Å². The number of benzene rings is 1. The number of carbonyl (C=O) groups is 1. The van der Waals surface area contributed by atoms with Crippen LogP contribution in [0.4, 0.5) is 16.2 Å². The Hall–Kier alpha value is -1.75. The largest absolute Gasteiger partial charge is 0.449 e. The molecule has 0 saturated heterocycles. The van der Waals surface area contributed by atoms with E-state index in [1.807, 2.05) is 19.1 Å². The first kappa shape index (κ1) is 15.6. The summed E-state index contributed by atoms with van der Waals surface area (Å²) >= 11 is 0. The Bertz CT molecular complexity index is 488. The molecule has 0 aliphatic carbocycles. The molecule has 0 aromatic heterocycles. The molecule has 0 bridgehead atoms. The fourth-order valence-electron chi connectivity index (χ4n) is 2.51. The number of carbonyl (C=O) groups excluding carboxylic acids is 1. The maximum absolute atomic E-state index is 11.6. The second-order valence-electron chi connectivity index (χ2n) is 5.73. The molecule has 0 fully saturated rings. The molecule has 1 amide bonds. The van der Waals surface area contributed by atoms with E-state index < -0.39 is 0 Å². The zero-order valence-electron chi connectivity index (χ0n) is 13.1. The Kier molecular flexibility index (Phi) is 5.44. The first-order chi connectivity index (χ1) is 10.1. The topological polar surface area (TPSA) is 53.6 Å². The lowest BCUT2D eigenvalue weighted by Crippen LogP contribution is -2.16. The summed E-state index contributed by atoms with van der Waals surface area (Å²) in [4.78, 5) is 13.8. The van der Waals surface area contributed by atoms with Crippen molar-refractivity contribution in [2.75, 3.05) is 44.4 Å². The van der Waals surface area contributed by atoms with Crippen LogP contribution in [0.1, 0.15) is 31.2 Å². The van der Waals surface area contributed by atoms with E-state index in [2.05, 4.69) is 35.7 Å². The summed E-state index contributed by atoms with van der Waals surface area (Å²) in [5, 5.41) is 6.18. The van der Waals surface area contributed by atoms with Crippen LogP contribution in [-0.2, 0) is 4.74 Å². The van der Waals surface area contributed by atoms with E-state index in [9.17, 15) is 4.79 Å². The van der Waals surface area contributed by atoms with Gasteiger partial charge in [0.2, 0.25) is 0 Å². The van der Waals surface area contributed by atoms with Gasteiger partial charge in [0, 0.05) is 23.8 Å². The Labute approximate surface area is 126 Å². The standard InChI is InChI=1S/C16H25N3O2/c1-4-9-21-16(20)18-13-5-6-14-12(7-8-19(2)3)11-17-15(14)10-13/h5-6,10,12,17H,4,7-9,11H2,1-3H3,(H,18,20). The molecule has 1 aliphatic heterocycles. The fraction of sp³-hybridized carbons (Fsp3) is 0.562. The zero-order chi connectivity index (χ0) is 15.2. The van der Waals surface area contributed by atoms with Crippen molar-refractivity contribution in [1.82, 2.24) is 4.90 Å². The fourth-order valence-corrected chi connectivity index (χ4v) is 2.51. The molecule has 116 valence electrons. The van der Waals surface area contributed by atoms with E-state index >= 15 is 0 Å². The van der Waals surface area contributed by atoms with Crippen molar-refractivity contribution in [3.63, 3.8) is 0 Å². The van der Waals surface area contributed by atoms with Crippen LogP contribution < -0.4 is 10.6 Å². The number of hydrogen-bond donors (Lipinski definition) is 2. The highest BCUT2D eigenvalue weighted by Crippen LogP contribution is 2.35. The van der Waals surface area contributed by atoms with Gasteiger partial charge in [-0.05, 0) is 51.2 Å². The third-order valence-electron chi connectivity index (χ3n) is 3.64. The molecule has 1 aliphatic rings. The molecule has 0 radical (unpaired) electrons. The smallest absolute Gasteiger partial charge is 0.411 e. The molecular weight excluding hydrogens is 266 g/mol. The highest BCUT2D eigenvalue weighted by atomic mass is 16.5. The van der Waals surface area contributed by atoms with Gasteiger partial charge in [-0.15, -0.1) is 0 Å². The molecule has 5 heteroatoms. The lowest BCUT2D eigenvalue weighted by Gasteiger charge is -2.14. The average Bonchev–Trinajstić information content (AvgIpc) is 2.85. The second kappa shape index (κ2) is 7.31. The quantitative estimate of drug-likeness (QED) is 0.845. The van der Waals surface area contributed by atoms with E-state index in [-0.39, 0.29) is 6.09 Å². The van der Waals surface area contributed by atoms with E-state index in [0.717, 1.165) is 37.3 Å². The number of amides is 1. The maximum Gasteiger partial charge on any atom is 0.411 e. The minimum Gasteiger partial charge on any atom is -0.449 e. The number of nitrogens with one attached hydrogen (secondary N) is 2. The van der Waals surface area contributed by atoms with Gasteiger partial charge in [-0.2, -0.15) is 0 Å². The van der Waals surface area contributed by atoms with Crippen molar-refractivity contribution in [2.24, 2.45) is 0 Å². The van der Waals surface area contributed by atoms with E-state index in [0.29, 0.717) is 12.5 Å². The summed E-state index contributed by atoms with van der Waals surface area (Å²) in [6.07, 6.45) is 1.57. The van der Waals surface area contributed by atoms with Crippen molar-refractivity contribution in [3.05, 3.63) is 23.8 Å². The third kappa shape index (κ3) is 4.36. The Morgan fingerprint density at radius 2 is 2.29 bits per heavy atom. The summed E-state index contributed by atoms with van der Waals surface area (Å²) in [6.45, 7) is 4.46. The third-order valence-corrected chi connectivity index (χ3v) is 3.64. The van der Waals surface area contributed by atoms with Gasteiger partial charge < -0.3 is 15.0 Å².